The maximum Gasteiger partial charge on any atom is 0.343 e. The van der Waals surface area contributed by atoms with E-state index >= 15 is 0 Å². The van der Waals surface area contributed by atoms with Gasteiger partial charge in [0.25, 0.3) is 0 Å². The molecule has 5 nitrogen and oxygen atoms in total. The molecular weight excluding hydrogens is 306 g/mol. The SMILES string of the molecule is CC1(C)OC(=O)C([C@H]2c3cccc4cccc(c34)[N+]2(C)C)=C([O-])O1. The molecule has 0 bridgehead atoms. The minimum atomic E-state index is -1.23. The molecule has 0 radical (unpaired) electrons. The molecule has 5 heteroatoms. The first-order chi connectivity index (χ1) is 11.2. The molecule has 0 aromatic heterocycles. The van der Waals surface area contributed by atoms with Gasteiger partial charge in [0, 0.05) is 5.56 Å². The van der Waals surface area contributed by atoms with Crippen LogP contribution in [-0.2, 0) is 14.3 Å². The zero-order chi connectivity index (χ0) is 17.3. The van der Waals surface area contributed by atoms with Crippen molar-refractivity contribution in [1.82, 2.24) is 4.48 Å². The van der Waals surface area contributed by atoms with E-state index in [1.807, 2.05) is 50.5 Å². The summed E-state index contributed by atoms with van der Waals surface area (Å²) in [7, 11) is 3.99. The Labute approximate surface area is 140 Å². The van der Waals surface area contributed by atoms with Crippen LogP contribution < -0.4 is 9.59 Å². The van der Waals surface area contributed by atoms with Gasteiger partial charge in [-0.1, -0.05) is 30.3 Å². The van der Waals surface area contributed by atoms with Crippen LogP contribution >= 0.6 is 0 Å². The minimum Gasteiger partial charge on any atom is -0.575 e. The van der Waals surface area contributed by atoms with Gasteiger partial charge in [-0.2, -0.15) is 0 Å². The van der Waals surface area contributed by atoms with Crippen molar-refractivity contribution in [2.45, 2.75) is 25.7 Å². The lowest BCUT2D eigenvalue weighted by molar-refractivity contribution is -0.394. The minimum absolute atomic E-state index is 0.0584. The second-order valence-corrected chi connectivity index (χ2v) is 7.26. The number of likely N-dealkylation sites (N-methyl/N-ethyl adjacent to an activating group) is 1. The summed E-state index contributed by atoms with van der Waals surface area (Å²) in [5.74, 6) is -2.43. The Kier molecular flexibility index (Phi) is 2.82. The molecule has 0 saturated carbocycles. The van der Waals surface area contributed by atoms with Gasteiger partial charge in [0.15, 0.2) is 11.8 Å². The van der Waals surface area contributed by atoms with E-state index in [-0.39, 0.29) is 5.57 Å². The fourth-order valence-electron chi connectivity index (χ4n) is 3.91. The largest absolute Gasteiger partial charge is 0.575 e. The first kappa shape index (κ1) is 15.0. The second kappa shape index (κ2) is 4.51. The van der Waals surface area contributed by atoms with E-state index in [0.717, 1.165) is 22.0 Å². The number of quaternary nitrogens is 1. The molecule has 2 heterocycles. The molecule has 0 saturated heterocycles. The molecule has 0 unspecified atom stereocenters. The topological polar surface area (TPSA) is 58.6 Å². The number of rotatable bonds is 1. The van der Waals surface area contributed by atoms with Crippen molar-refractivity contribution in [3.05, 3.63) is 53.5 Å². The van der Waals surface area contributed by atoms with Gasteiger partial charge in [-0.3, -0.25) is 4.48 Å². The molecule has 124 valence electrons. The van der Waals surface area contributed by atoms with Crippen molar-refractivity contribution in [3.63, 3.8) is 0 Å². The summed E-state index contributed by atoms with van der Waals surface area (Å²) in [6, 6.07) is 11.6. The van der Waals surface area contributed by atoms with E-state index in [4.69, 9.17) is 9.47 Å². The maximum absolute atomic E-state index is 12.6. The molecule has 4 rings (SSSR count). The van der Waals surface area contributed by atoms with Crippen LogP contribution in [-0.4, -0.2) is 25.9 Å². The molecule has 2 aromatic rings. The highest BCUT2D eigenvalue weighted by Crippen LogP contribution is 2.51. The van der Waals surface area contributed by atoms with Crippen LogP contribution in [0.3, 0.4) is 0 Å². The van der Waals surface area contributed by atoms with Crippen LogP contribution in [0.2, 0.25) is 0 Å². The molecule has 2 aromatic carbocycles. The molecule has 1 atom stereocenters. The summed E-state index contributed by atoms with van der Waals surface area (Å²) in [5, 5.41) is 14.8. The lowest BCUT2D eigenvalue weighted by atomic mass is 9.96. The number of cyclic esters (lactones) is 1. The first-order valence-electron chi connectivity index (χ1n) is 7.92. The highest BCUT2D eigenvalue weighted by atomic mass is 16.8. The number of ether oxygens (including phenoxy) is 2. The van der Waals surface area contributed by atoms with Gasteiger partial charge in [0.1, 0.15) is 11.3 Å². The third-order valence-corrected chi connectivity index (χ3v) is 4.87. The Morgan fingerprint density at radius 1 is 1.08 bits per heavy atom. The van der Waals surface area contributed by atoms with E-state index in [9.17, 15) is 9.90 Å². The van der Waals surface area contributed by atoms with Gasteiger partial charge in [0.2, 0.25) is 0 Å². The van der Waals surface area contributed by atoms with Crippen molar-refractivity contribution < 1.29 is 19.4 Å². The fraction of sp³-hybridized carbons (Fsp3) is 0.316. The molecular formula is C19H19NO4. The van der Waals surface area contributed by atoms with E-state index in [2.05, 4.69) is 0 Å². The second-order valence-electron chi connectivity index (χ2n) is 7.26. The summed E-state index contributed by atoms with van der Waals surface area (Å²) in [4.78, 5) is 12.6. The van der Waals surface area contributed by atoms with Crippen LogP contribution in [0, 0.1) is 0 Å². The Morgan fingerprint density at radius 2 is 1.75 bits per heavy atom. The lowest BCUT2D eigenvalue weighted by Gasteiger charge is -2.42. The van der Waals surface area contributed by atoms with Gasteiger partial charge in [-0.15, -0.1) is 0 Å². The molecule has 0 aliphatic carbocycles. The molecule has 0 N–H and O–H groups in total. The quantitative estimate of drug-likeness (QED) is 0.596. The molecule has 24 heavy (non-hydrogen) atoms. The average molecular weight is 325 g/mol. The lowest BCUT2D eigenvalue weighted by Crippen LogP contribution is -2.48. The number of hydrogen-bond acceptors (Lipinski definition) is 4. The summed E-state index contributed by atoms with van der Waals surface area (Å²) in [6.45, 7) is 3.12. The monoisotopic (exact) mass is 325 g/mol. The summed E-state index contributed by atoms with van der Waals surface area (Å²) in [5.41, 5.74) is 2.09. The molecule has 2 aliphatic heterocycles. The normalized spacial score (nSPS) is 24.0. The number of hydrogen-bond donors (Lipinski definition) is 0. The number of nitrogens with zero attached hydrogens (tertiary/aromatic N) is 1. The summed E-state index contributed by atoms with van der Waals surface area (Å²) < 4.78 is 11.0. The number of esters is 1. The molecule has 0 fully saturated rings. The highest BCUT2D eigenvalue weighted by Gasteiger charge is 2.48. The Hall–Kier alpha value is -2.53. The zero-order valence-electron chi connectivity index (χ0n) is 14.1. The van der Waals surface area contributed by atoms with Gasteiger partial charge < -0.3 is 14.6 Å². The van der Waals surface area contributed by atoms with E-state index in [1.165, 1.54) is 0 Å². The van der Waals surface area contributed by atoms with Crippen molar-refractivity contribution in [1.29, 1.82) is 0 Å². The van der Waals surface area contributed by atoms with Gasteiger partial charge in [-0.25, -0.2) is 4.79 Å². The van der Waals surface area contributed by atoms with E-state index in [1.54, 1.807) is 13.8 Å². The van der Waals surface area contributed by atoms with Gasteiger partial charge in [-0.05, 0) is 25.3 Å². The van der Waals surface area contributed by atoms with Crippen LogP contribution in [0.5, 0.6) is 0 Å². The number of benzene rings is 2. The Bertz CT molecular complexity index is 905. The third-order valence-electron chi connectivity index (χ3n) is 4.87. The summed E-state index contributed by atoms with van der Waals surface area (Å²) in [6.07, 6.45) is 0. The first-order valence-corrected chi connectivity index (χ1v) is 7.92. The van der Waals surface area contributed by atoms with Crippen molar-refractivity contribution in [2.24, 2.45) is 0 Å². The smallest absolute Gasteiger partial charge is 0.343 e. The summed E-state index contributed by atoms with van der Waals surface area (Å²) >= 11 is 0. The molecule has 0 spiro atoms. The predicted octanol–water partition coefficient (Wildman–Crippen LogP) is 2.34. The van der Waals surface area contributed by atoms with Gasteiger partial charge >= 0.3 is 5.97 Å². The van der Waals surface area contributed by atoms with Crippen molar-refractivity contribution in [2.75, 3.05) is 14.1 Å². The van der Waals surface area contributed by atoms with E-state index in [0.29, 0.717) is 4.48 Å². The Morgan fingerprint density at radius 3 is 2.42 bits per heavy atom. The van der Waals surface area contributed by atoms with Crippen LogP contribution in [0.1, 0.15) is 25.5 Å². The maximum atomic E-state index is 12.6. The fourth-order valence-corrected chi connectivity index (χ4v) is 3.91. The van der Waals surface area contributed by atoms with Crippen LogP contribution in [0.4, 0.5) is 5.69 Å². The average Bonchev–Trinajstić information content (AvgIpc) is 2.69. The Balaban J connectivity index is 1.98. The zero-order valence-corrected chi connectivity index (χ0v) is 14.1. The van der Waals surface area contributed by atoms with Crippen LogP contribution in [0.15, 0.2) is 47.9 Å². The number of carbonyl (C=O) groups is 1. The van der Waals surface area contributed by atoms with Gasteiger partial charge in [0.05, 0.1) is 25.4 Å². The highest BCUT2D eigenvalue weighted by molar-refractivity contribution is 6.02. The standard InChI is InChI=1S/C19H19NO4/c1-19(2)23-17(21)15(18(22)24-19)16-12-9-5-7-11-8-6-10-13(14(11)12)20(16,3)4/h5-10,16H,1-4H3/t16-/m1/s1. The third kappa shape index (κ3) is 1.88. The van der Waals surface area contributed by atoms with Crippen molar-refractivity contribution in [3.8, 4) is 0 Å². The van der Waals surface area contributed by atoms with Crippen LogP contribution in [0.25, 0.3) is 10.8 Å². The van der Waals surface area contributed by atoms with E-state index < -0.39 is 23.7 Å². The predicted molar refractivity (Wildman–Crippen MR) is 88.6 cm³/mol. The molecule has 2 aliphatic rings. The van der Waals surface area contributed by atoms with Crippen molar-refractivity contribution >= 4 is 22.4 Å². The molecule has 0 amide bonds. The number of carbonyl (C=O) groups excluding carboxylic acids is 1.